The van der Waals surface area contributed by atoms with Crippen LogP contribution in [-0.4, -0.2) is 117 Å². The van der Waals surface area contributed by atoms with Gasteiger partial charge in [0, 0.05) is 38.3 Å². The molecule has 2 aromatic carbocycles. The number of carbonyl (C=O) groups excluding carboxylic acids is 2. The Bertz CT molecular complexity index is 1610. The number of ether oxygens (including phenoxy) is 4. The zero-order valence-corrected chi connectivity index (χ0v) is 32.9. The summed E-state index contributed by atoms with van der Waals surface area (Å²) < 4.78 is 169. The Morgan fingerprint density at radius 1 is 0.610 bits per heavy atom. The maximum Gasteiger partial charge on any atom is 0.434 e. The van der Waals surface area contributed by atoms with Crippen LogP contribution in [0, 0.1) is 5.41 Å². The number of halogens is 12. The summed E-state index contributed by atoms with van der Waals surface area (Å²) in [5.74, 6) is 1.46. The zero-order chi connectivity index (χ0) is 44.6. The third kappa shape index (κ3) is 14.4. The summed E-state index contributed by atoms with van der Waals surface area (Å²) in [6, 6.07) is 15.0. The molecule has 2 fully saturated rings. The lowest BCUT2D eigenvalue weighted by molar-refractivity contribution is -0.309. The smallest absolute Gasteiger partial charge is 0.434 e. The number of rotatable bonds is 10. The summed E-state index contributed by atoms with van der Waals surface area (Å²) in [6.45, 7) is 4.58. The predicted octanol–water partition coefficient (Wildman–Crippen LogP) is 9.97. The van der Waals surface area contributed by atoms with E-state index in [0.717, 1.165) is 45.3 Å². The van der Waals surface area contributed by atoms with Crippen LogP contribution in [-0.2, 0) is 22.4 Å². The molecule has 0 N–H and O–H groups in total. The molecule has 9 nitrogen and oxygen atoms in total. The number of nitrogens with zero attached hydrogens (tertiary/aromatic N) is 3. The van der Waals surface area contributed by atoms with E-state index in [0.29, 0.717) is 32.2 Å². The minimum absolute atomic E-state index is 0.00921. The molecule has 2 aliphatic heterocycles. The zero-order valence-electron chi connectivity index (χ0n) is 32.9. The van der Waals surface area contributed by atoms with E-state index in [-0.39, 0.29) is 37.1 Å². The van der Waals surface area contributed by atoms with E-state index in [4.69, 9.17) is 9.47 Å². The van der Waals surface area contributed by atoms with Crippen LogP contribution in [0.2, 0.25) is 0 Å². The fourth-order valence-electron chi connectivity index (χ4n) is 6.45. The molecule has 0 radical (unpaired) electrons. The number of hydrogen-bond acceptors (Lipinski definition) is 7. The maximum atomic E-state index is 12.6. The van der Waals surface area contributed by atoms with Crippen molar-refractivity contribution in [2.45, 2.75) is 101 Å². The van der Waals surface area contributed by atoms with E-state index < -0.39 is 49.1 Å². The van der Waals surface area contributed by atoms with Crippen molar-refractivity contribution in [3.8, 4) is 11.5 Å². The van der Waals surface area contributed by atoms with Crippen LogP contribution in [0.4, 0.5) is 62.3 Å². The SMILES string of the molecule is COc1ccc(CCC2(C)CCN(C(=O)OC(C(F)(F)F)C(F)(F)F)CC2)cc1.COc1ccc(CN(C)C2(C)CCN(C(=O)OC(C(F)(F)F)C(F)(F)F)CC2)cc1. The Balaban J connectivity index is 0.000000316. The average molecular weight is 870 g/mol. The molecule has 0 aromatic heterocycles. The van der Waals surface area contributed by atoms with Crippen LogP contribution in [0.3, 0.4) is 0 Å². The molecule has 4 rings (SSSR count). The van der Waals surface area contributed by atoms with Crippen LogP contribution in [0.1, 0.15) is 57.1 Å². The molecular weight excluding hydrogens is 822 g/mol. The highest BCUT2D eigenvalue weighted by atomic mass is 19.4. The van der Waals surface area contributed by atoms with E-state index in [9.17, 15) is 62.3 Å². The first-order chi connectivity index (χ1) is 27.1. The number of piperidine rings is 2. The van der Waals surface area contributed by atoms with Crippen molar-refractivity contribution in [2.24, 2.45) is 5.41 Å². The molecule has 21 heteroatoms. The van der Waals surface area contributed by atoms with Crippen LogP contribution in [0.15, 0.2) is 48.5 Å². The average Bonchev–Trinajstić information content (AvgIpc) is 3.14. The van der Waals surface area contributed by atoms with Gasteiger partial charge in [-0.3, -0.25) is 4.90 Å². The molecule has 0 spiro atoms. The van der Waals surface area contributed by atoms with Crippen molar-refractivity contribution in [2.75, 3.05) is 47.4 Å². The Labute approximate surface area is 333 Å². The second-order valence-electron chi connectivity index (χ2n) is 15.0. The maximum absolute atomic E-state index is 12.6. The summed E-state index contributed by atoms with van der Waals surface area (Å²) in [6.07, 6.45) is -31.1. The highest BCUT2D eigenvalue weighted by Gasteiger charge is 2.61. The molecule has 0 aliphatic carbocycles. The molecule has 2 aromatic rings. The van der Waals surface area contributed by atoms with Gasteiger partial charge in [0.1, 0.15) is 11.5 Å². The first kappa shape index (κ1) is 49.1. The lowest BCUT2D eigenvalue weighted by Crippen LogP contribution is -2.54. The van der Waals surface area contributed by atoms with Crippen molar-refractivity contribution in [3.05, 3.63) is 59.7 Å². The molecule has 0 saturated carbocycles. The Morgan fingerprint density at radius 2 is 0.949 bits per heavy atom. The molecule has 0 atom stereocenters. The summed E-state index contributed by atoms with van der Waals surface area (Å²) in [7, 11) is 5.01. The van der Waals surface area contributed by atoms with Crippen molar-refractivity contribution in [1.82, 2.24) is 14.7 Å². The fourth-order valence-corrected chi connectivity index (χ4v) is 6.45. The van der Waals surface area contributed by atoms with E-state index in [1.807, 2.05) is 74.3 Å². The largest absolute Gasteiger partial charge is 0.497 e. The number of benzene rings is 2. The quantitative estimate of drug-likeness (QED) is 0.220. The summed E-state index contributed by atoms with van der Waals surface area (Å²) >= 11 is 0. The molecule has 2 aliphatic rings. The molecular formula is C38H47F12N3O6. The van der Waals surface area contributed by atoms with Crippen LogP contribution in [0.5, 0.6) is 11.5 Å². The number of likely N-dealkylation sites (tertiary alicyclic amines) is 2. The third-order valence-electron chi connectivity index (χ3n) is 10.6. The molecule has 334 valence electrons. The second-order valence-corrected chi connectivity index (χ2v) is 15.0. The van der Waals surface area contributed by atoms with Gasteiger partial charge in [-0.25, -0.2) is 9.59 Å². The molecule has 2 amide bonds. The van der Waals surface area contributed by atoms with Gasteiger partial charge in [-0.1, -0.05) is 31.2 Å². The first-order valence-corrected chi connectivity index (χ1v) is 18.3. The normalized spacial score (nSPS) is 17.4. The topological polar surface area (TPSA) is 80.8 Å². The van der Waals surface area contributed by atoms with Gasteiger partial charge in [0.25, 0.3) is 12.2 Å². The number of methoxy groups -OCH3 is 2. The fraction of sp³-hybridized carbons (Fsp3) is 0.632. The number of alkyl halides is 12. The molecule has 0 bridgehead atoms. The number of hydrogen-bond donors (Lipinski definition) is 0. The second kappa shape index (κ2) is 19.4. The minimum atomic E-state index is -5.73. The molecule has 2 heterocycles. The molecule has 59 heavy (non-hydrogen) atoms. The van der Waals surface area contributed by atoms with Crippen molar-refractivity contribution in [1.29, 1.82) is 0 Å². The Hall–Kier alpha value is -4.30. The Morgan fingerprint density at radius 3 is 1.29 bits per heavy atom. The first-order valence-electron chi connectivity index (χ1n) is 18.3. The van der Waals surface area contributed by atoms with E-state index in [2.05, 4.69) is 9.47 Å². The van der Waals surface area contributed by atoms with Crippen LogP contribution in [0.25, 0.3) is 0 Å². The highest BCUT2D eigenvalue weighted by Crippen LogP contribution is 2.40. The van der Waals surface area contributed by atoms with Gasteiger partial charge >= 0.3 is 36.9 Å². The predicted molar refractivity (Wildman–Crippen MR) is 189 cm³/mol. The summed E-state index contributed by atoms with van der Waals surface area (Å²) in [5.41, 5.74) is 1.54. The van der Waals surface area contributed by atoms with E-state index >= 15 is 0 Å². The monoisotopic (exact) mass is 869 g/mol. The standard InChI is InChI=1S/C19H24F6N2O3.C19H23F6NO3/c1-17(26(2)12-13-4-6-14(29-3)7-5-13)8-10-27(11-9-17)16(28)30-15(18(20,21)22)19(23,24)25;1-17(8-7-13-3-5-14(28-2)6-4-13)9-11-26(12-10-17)16(27)29-15(18(20,21)22)19(23,24)25/h4-7,15H,8-12H2,1-3H3;3-6,15H,7-12H2,1-2H3. The van der Waals surface area contributed by atoms with Gasteiger partial charge in [-0.15, -0.1) is 0 Å². The number of carbonyl (C=O) groups is 2. The lowest BCUT2D eigenvalue weighted by atomic mass is 9.76. The highest BCUT2D eigenvalue weighted by molar-refractivity contribution is 5.68. The van der Waals surface area contributed by atoms with Crippen molar-refractivity contribution < 1.29 is 81.2 Å². The van der Waals surface area contributed by atoms with Gasteiger partial charge in [-0.2, -0.15) is 52.7 Å². The molecule has 2 saturated heterocycles. The third-order valence-corrected chi connectivity index (χ3v) is 10.6. The number of aryl methyl sites for hydroxylation is 1. The van der Waals surface area contributed by atoms with Gasteiger partial charge < -0.3 is 28.7 Å². The summed E-state index contributed by atoms with van der Waals surface area (Å²) in [5, 5.41) is 0. The van der Waals surface area contributed by atoms with Gasteiger partial charge in [0.2, 0.25) is 0 Å². The summed E-state index contributed by atoms with van der Waals surface area (Å²) in [4.78, 5) is 27.6. The van der Waals surface area contributed by atoms with E-state index in [1.54, 1.807) is 14.2 Å². The van der Waals surface area contributed by atoms with E-state index in [1.165, 1.54) is 0 Å². The Kier molecular flexibility index (Phi) is 16.1. The van der Waals surface area contributed by atoms with Gasteiger partial charge in [-0.05, 0) is 93.3 Å². The van der Waals surface area contributed by atoms with Crippen molar-refractivity contribution in [3.63, 3.8) is 0 Å². The minimum Gasteiger partial charge on any atom is -0.497 e. The van der Waals surface area contributed by atoms with Crippen molar-refractivity contribution >= 4 is 12.2 Å². The number of amides is 2. The van der Waals surface area contributed by atoms with Gasteiger partial charge in [0.05, 0.1) is 14.2 Å². The lowest BCUT2D eigenvalue weighted by Gasteiger charge is -2.45. The van der Waals surface area contributed by atoms with Crippen LogP contribution < -0.4 is 9.47 Å². The van der Waals surface area contributed by atoms with Gasteiger partial charge in [0.15, 0.2) is 0 Å². The molecule has 0 unspecified atom stereocenters. The van der Waals surface area contributed by atoms with Crippen LogP contribution >= 0.6 is 0 Å².